The van der Waals surface area contributed by atoms with Gasteiger partial charge in [-0.25, -0.2) is 0 Å². The summed E-state index contributed by atoms with van der Waals surface area (Å²) in [4.78, 5) is 2.98. The highest BCUT2D eigenvalue weighted by atomic mass is 79.9. The lowest BCUT2D eigenvalue weighted by molar-refractivity contribution is 0.533. The topological polar surface area (TPSA) is 12.0 Å². The van der Waals surface area contributed by atoms with Gasteiger partial charge in [0.15, 0.2) is 0 Å². The zero-order valence-electron chi connectivity index (χ0n) is 10.2. The first-order chi connectivity index (χ1) is 7.58. The molecular formula is C13H20BrNS. The Kier molecular flexibility index (Phi) is 4.09. The summed E-state index contributed by atoms with van der Waals surface area (Å²) in [6.07, 6.45) is 1.37. The van der Waals surface area contributed by atoms with Crippen LogP contribution >= 0.6 is 27.3 Å². The van der Waals surface area contributed by atoms with Gasteiger partial charge in [-0.15, -0.1) is 11.3 Å². The van der Waals surface area contributed by atoms with Crippen LogP contribution in [0.15, 0.2) is 10.5 Å². The fourth-order valence-electron chi connectivity index (χ4n) is 2.04. The number of aryl methyl sites for hydroxylation is 1. The summed E-state index contributed by atoms with van der Waals surface area (Å²) in [5.41, 5.74) is 0. The normalized spacial score (nSPS) is 24.1. The molecule has 0 amide bonds. The molecule has 1 saturated carbocycles. The molecular weight excluding hydrogens is 282 g/mol. The van der Waals surface area contributed by atoms with Crippen molar-refractivity contribution in [3.8, 4) is 0 Å². The van der Waals surface area contributed by atoms with Gasteiger partial charge in [0.05, 0.1) is 0 Å². The van der Waals surface area contributed by atoms with Crippen LogP contribution in [0.4, 0.5) is 0 Å². The standard InChI is InChI=1S/C13H20BrNS/c1-8(2)6-15-7-10-4-11(10)13-5-12(14)9(3)16-13/h5,8,10-11,15H,4,6-7H2,1-3H3. The molecule has 1 nitrogen and oxygen atoms in total. The van der Waals surface area contributed by atoms with E-state index in [1.165, 1.54) is 22.3 Å². The molecule has 0 saturated heterocycles. The predicted molar refractivity (Wildman–Crippen MR) is 75.3 cm³/mol. The second kappa shape index (κ2) is 5.19. The summed E-state index contributed by atoms with van der Waals surface area (Å²) in [7, 11) is 0. The van der Waals surface area contributed by atoms with Crippen LogP contribution < -0.4 is 5.32 Å². The molecule has 90 valence electrons. The van der Waals surface area contributed by atoms with Gasteiger partial charge in [0.2, 0.25) is 0 Å². The maximum absolute atomic E-state index is 3.60. The van der Waals surface area contributed by atoms with Crippen molar-refractivity contribution in [3.05, 3.63) is 20.3 Å². The van der Waals surface area contributed by atoms with Crippen molar-refractivity contribution >= 4 is 27.3 Å². The minimum atomic E-state index is 0.760. The summed E-state index contributed by atoms with van der Waals surface area (Å²) >= 11 is 5.55. The molecule has 1 aliphatic rings. The molecule has 2 atom stereocenters. The summed E-state index contributed by atoms with van der Waals surface area (Å²) < 4.78 is 1.29. The molecule has 0 aromatic carbocycles. The van der Waals surface area contributed by atoms with Gasteiger partial charge in [0.1, 0.15) is 0 Å². The molecule has 1 aromatic heterocycles. The fourth-order valence-corrected chi connectivity index (χ4v) is 3.81. The second-order valence-corrected chi connectivity index (χ2v) is 7.35. The van der Waals surface area contributed by atoms with E-state index in [-0.39, 0.29) is 0 Å². The van der Waals surface area contributed by atoms with Crippen molar-refractivity contribution in [2.24, 2.45) is 11.8 Å². The highest BCUT2D eigenvalue weighted by molar-refractivity contribution is 9.10. The molecule has 1 N–H and O–H groups in total. The maximum atomic E-state index is 3.60. The van der Waals surface area contributed by atoms with Crippen molar-refractivity contribution in [2.75, 3.05) is 13.1 Å². The van der Waals surface area contributed by atoms with Gasteiger partial charge in [0, 0.05) is 14.2 Å². The molecule has 2 unspecified atom stereocenters. The van der Waals surface area contributed by atoms with Gasteiger partial charge >= 0.3 is 0 Å². The van der Waals surface area contributed by atoms with Crippen LogP contribution in [0.3, 0.4) is 0 Å². The SMILES string of the molecule is Cc1sc(C2CC2CNCC(C)C)cc1Br. The highest BCUT2D eigenvalue weighted by Crippen LogP contribution is 2.50. The lowest BCUT2D eigenvalue weighted by atomic mass is 10.2. The molecule has 0 spiro atoms. The van der Waals surface area contributed by atoms with Gasteiger partial charge in [-0.1, -0.05) is 13.8 Å². The average molecular weight is 302 g/mol. The Labute approximate surface area is 111 Å². The van der Waals surface area contributed by atoms with Gasteiger partial charge in [-0.05, 0) is 66.2 Å². The summed E-state index contributed by atoms with van der Waals surface area (Å²) in [5, 5.41) is 3.56. The Hall–Kier alpha value is 0.140. The van der Waals surface area contributed by atoms with E-state index in [0.29, 0.717) is 0 Å². The molecule has 2 rings (SSSR count). The monoisotopic (exact) mass is 301 g/mol. The van der Waals surface area contributed by atoms with E-state index in [2.05, 4.69) is 48.1 Å². The summed E-state index contributed by atoms with van der Waals surface area (Å²) in [5.74, 6) is 2.47. The molecule has 0 aliphatic heterocycles. The molecule has 3 heteroatoms. The number of rotatable bonds is 5. The van der Waals surface area contributed by atoms with E-state index in [0.717, 1.165) is 24.3 Å². The van der Waals surface area contributed by atoms with Crippen LogP contribution in [0, 0.1) is 18.8 Å². The molecule has 0 bridgehead atoms. The van der Waals surface area contributed by atoms with Gasteiger partial charge < -0.3 is 5.32 Å². The molecule has 1 heterocycles. The Morgan fingerprint density at radius 3 is 2.88 bits per heavy atom. The predicted octanol–water partition coefficient (Wildman–Crippen LogP) is 4.17. The molecule has 1 aliphatic carbocycles. The Bertz CT molecular complexity index is 339. The van der Waals surface area contributed by atoms with Crippen molar-refractivity contribution < 1.29 is 0 Å². The molecule has 1 aromatic rings. The van der Waals surface area contributed by atoms with E-state index in [9.17, 15) is 0 Å². The average Bonchev–Trinajstić information content (AvgIpc) is 2.88. The van der Waals surface area contributed by atoms with E-state index in [1.54, 1.807) is 4.88 Å². The van der Waals surface area contributed by atoms with E-state index < -0.39 is 0 Å². The molecule has 0 radical (unpaired) electrons. The van der Waals surface area contributed by atoms with Gasteiger partial charge in [-0.2, -0.15) is 0 Å². The second-order valence-electron chi connectivity index (χ2n) is 5.21. The Morgan fingerprint density at radius 1 is 1.56 bits per heavy atom. The maximum Gasteiger partial charge on any atom is 0.0314 e. The van der Waals surface area contributed by atoms with Crippen LogP contribution in [0.2, 0.25) is 0 Å². The number of nitrogens with one attached hydrogen (secondary N) is 1. The van der Waals surface area contributed by atoms with Gasteiger partial charge in [-0.3, -0.25) is 0 Å². The highest BCUT2D eigenvalue weighted by Gasteiger charge is 2.38. The van der Waals surface area contributed by atoms with E-state index >= 15 is 0 Å². The summed E-state index contributed by atoms with van der Waals surface area (Å²) in [6.45, 7) is 9.05. The zero-order chi connectivity index (χ0) is 11.7. The molecule has 16 heavy (non-hydrogen) atoms. The Morgan fingerprint density at radius 2 is 2.31 bits per heavy atom. The first-order valence-electron chi connectivity index (χ1n) is 6.04. The fraction of sp³-hybridized carbons (Fsp3) is 0.692. The molecule has 1 fully saturated rings. The minimum absolute atomic E-state index is 0.760. The third-order valence-corrected chi connectivity index (χ3v) is 5.39. The largest absolute Gasteiger partial charge is 0.316 e. The third-order valence-electron chi connectivity index (χ3n) is 3.12. The number of thiophene rings is 1. The van der Waals surface area contributed by atoms with E-state index in [1.807, 2.05) is 11.3 Å². The third kappa shape index (κ3) is 3.08. The van der Waals surface area contributed by atoms with Crippen molar-refractivity contribution in [1.29, 1.82) is 0 Å². The van der Waals surface area contributed by atoms with Crippen molar-refractivity contribution in [1.82, 2.24) is 5.32 Å². The number of halogens is 1. The van der Waals surface area contributed by atoms with Gasteiger partial charge in [0.25, 0.3) is 0 Å². The van der Waals surface area contributed by atoms with Crippen LogP contribution in [0.25, 0.3) is 0 Å². The first-order valence-corrected chi connectivity index (χ1v) is 7.65. The minimum Gasteiger partial charge on any atom is -0.316 e. The number of hydrogen-bond donors (Lipinski definition) is 1. The first kappa shape index (κ1) is 12.6. The smallest absolute Gasteiger partial charge is 0.0314 e. The van der Waals surface area contributed by atoms with Crippen LogP contribution in [-0.4, -0.2) is 13.1 Å². The lowest BCUT2D eigenvalue weighted by Crippen LogP contribution is -2.22. The lowest BCUT2D eigenvalue weighted by Gasteiger charge is -2.06. The number of hydrogen-bond acceptors (Lipinski definition) is 2. The summed E-state index contributed by atoms with van der Waals surface area (Å²) in [6, 6.07) is 2.31. The van der Waals surface area contributed by atoms with Crippen LogP contribution in [0.1, 0.15) is 35.9 Å². The Balaban J connectivity index is 1.78. The van der Waals surface area contributed by atoms with Crippen molar-refractivity contribution in [3.63, 3.8) is 0 Å². The van der Waals surface area contributed by atoms with Crippen LogP contribution in [0.5, 0.6) is 0 Å². The quantitative estimate of drug-likeness (QED) is 0.861. The van der Waals surface area contributed by atoms with Crippen LogP contribution in [-0.2, 0) is 0 Å². The van der Waals surface area contributed by atoms with E-state index in [4.69, 9.17) is 0 Å². The zero-order valence-corrected chi connectivity index (χ0v) is 12.6. The van der Waals surface area contributed by atoms with Crippen molar-refractivity contribution in [2.45, 2.75) is 33.1 Å².